The summed E-state index contributed by atoms with van der Waals surface area (Å²) in [4.78, 5) is 61.2. The number of fused-ring (bicyclic) bond motifs is 2. The number of anilines is 3. The van der Waals surface area contributed by atoms with Crippen molar-refractivity contribution in [2.45, 2.75) is 96.5 Å². The number of likely N-dealkylation sites (tertiary alicyclic amines) is 1. The van der Waals surface area contributed by atoms with E-state index in [1.165, 1.54) is 17.3 Å². The number of amides is 3. The molecule has 0 saturated carbocycles. The number of piperidine rings is 3. The molecule has 67 heavy (non-hydrogen) atoms. The fourth-order valence-electron chi connectivity index (χ4n) is 10.5. The van der Waals surface area contributed by atoms with E-state index in [-0.39, 0.29) is 48.0 Å². The minimum atomic E-state index is -1.00. The summed E-state index contributed by atoms with van der Waals surface area (Å²) in [6.45, 7) is 10.3. The molecule has 7 heterocycles. The van der Waals surface area contributed by atoms with E-state index in [1.807, 2.05) is 55.8 Å². The number of aromatic nitrogens is 5. The molecule has 14 nitrogen and oxygen atoms in total. The van der Waals surface area contributed by atoms with Gasteiger partial charge in [0.2, 0.25) is 17.8 Å². The molecule has 4 aliphatic rings. The highest BCUT2D eigenvalue weighted by molar-refractivity contribution is 6.05. The van der Waals surface area contributed by atoms with E-state index < -0.39 is 29.2 Å². The van der Waals surface area contributed by atoms with Crippen molar-refractivity contribution in [1.82, 2.24) is 39.6 Å². The number of benzene rings is 3. The van der Waals surface area contributed by atoms with Gasteiger partial charge in [0, 0.05) is 74.7 Å². The van der Waals surface area contributed by atoms with Gasteiger partial charge in [0.05, 0.1) is 17.3 Å². The normalized spacial score (nSPS) is 19.1. The Hall–Kier alpha value is -6.65. The standard InChI is InChI=1S/C51H54F2N10O4/c1-30(2)63-31(3)56-47-40(52)24-35(25-43(47)63)46-41(53)27-55-50(59-46)57-44-12-6-34(26-54-44)22-32-14-18-61(19-15-32)38-8-4-33(5-9-38)28-60-20-16-51(67,17-21-60)37-7-10-39-36(23-37)29-62(49(39)66)42-11-13-45(64)58-48(42)65/h4-10,12,23-27,30,32,42,67H,11,13-22,28-29H2,1-3H3,(H,58,64,65)(H,54,55,57,59). The van der Waals surface area contributed by atoms with Gasteiger partial charge in [0.1, 0.15) is 28.9 Å². The van der Waals surface area contributed by atoms with Crippen LogP contribution in [-0.2, 0) is 34.7 Å². The summed E-state index contributed by atoms with van der Waals surface area (Å²) in [6.07, 6.45) is 7.65. The van der Waals surface area contributed by atoms with Crippen molar-refractivity contribution in [2.24, 2.45) is 5.92 Å². The fourth-order valence-corrected chi connectivity index (χ4v) is 10.5. The number of halogens is 2. The molecule has 0 aliphatic carbocycles. The molecular weight excluding hydrogens is 855 g/mol. The maximum Gasteiger partial charge on any atom is 0.255 e. The van der Waals surface area contributed by atoms with Crippen molar-refractivity contribution in [1.29, 1.82) is 0 Å². The van der Waals surface area contributed by atoms with Crippen molar-refractivity contribution in [3.8, 4) is 11.3 Å². The molecule has 3 fully saturated rings. The van der Waals surface area contributed by atoms with Crippen LogP contribution >= 0.6 is 0 Å². The van der Waals surface area contributed by atoms with Crippen LogP contribution in [0.3, 0.4) is 0 Å². The number of aliphatic hydroxyl groups is 1. The molecular formula is C51H54F2N10O4. The Bertz CT molecular complexity index is 2870. The lowest BCUT2D eigenvalue weighted by molar-refractivity contribution is -0.136. The molecule has 16 heteroatoms. The van der Waals surface area contributed by atoms with Crippen LogP contribution in [0.5, 0.6) is 0 Å². The summed E-state index contributed by atoms with van der Waals surface area (Å²) in [5, 5.41) is 17.2. The van der Waals surface area contributed by atoms with Crippen LogP contribution in [0.15, 0.2) is 79.1 Å². The molecule has 4 aliphatic heterocycles. The van der Waals surface area contributed by atoms with Crippen molar-refractivity contribution < 1.29 is 28.3 Å². The Morgan fingerprint density at radius 1 is 0.866 bits per heavy atom. The molecule has 1 unspecified atom stereocenters. The number of nitrogens with zero attached hydrogens (tertiary/aromatic N) is 8. The summed E-state index contributed by atoms with van der Waals surface area (Å²) in [6, 6.07) is 20.6. The van der Waals surface area contributed by atoms with Gasteiger partial charge >= 0.3 is 0 Å². The number of hydrogen-bond donors (Lipinski definition) is 3. The number of pyridine rings is 1. The Morgan fingerprint density at radius 3 is 2.34 bits per heavy atom. The third-order valence-electron chi connectivity index (χ3n) is 14.1. The van der Waals surface area contributed by atoms with Crippen molar-refractivity contribution in [3.05, 3.63) is 124 Å². The number of hydrogen-bond acceptors (Lipinski definition) is 11. The second kappa shape index (κ2) is 17.9. The zero-order valence-electron chi connectivity index (χ0n) is 37.9. The number of aryl methyl sites for hydroxylation is 1. The highest BCUT2D eigenvalue weighted by Crippen LogP contribution is 2.38. The Balaban J connectivity index is 0.687. The summed E-state index contributed by atoms with van der Waals surface area (Å²) in [5.74, 6) is -0.271. The fraction of sp³-hybridized carbons (Fsp3) is 0.392. The summed E-state index contributed by atoms with van der Waals surface area (Å²) >= 11 is 0. The van der Waals surface area contributed by atoms with E-state index >= 15 is 8.78 Å². The number of carbonyl (C=O) groups excluding carboxylic acids is 3. The second-order valence-corrected chi connectivity index (χ2v) is 18.9. The quantitative estimate of drug-likeness (QED) is 0.110. The molecule has 3 amide bonds. The smallest absolute Gasteiger partial charge is 0.255 e. The van der Waals surface area contributed by atoms with Gasteiger partial charge in [-0.1, -0.05) is 30.3 Å². The van der Waals surface area contributed by atoms with Crippen LogP contribution in [0.1, 0.15) is 96.9 Å². The molecule has 346 valence electrons. The van der Waals surface area contributed by atoms with Crippen LogP contribution < -0.4 is 15.5 Å². The Morgan fingerprint density at radius 2 is 1.63 bits per heavy atom. The zero-order chi connectivity index (χ0) is 46.6. The molecule has 3 saturated heterocycles. The average Bonchev–Trinajstić information content (AvgIpc) is 3.84. The second-order valence-electron chi connectivity index (χ2n) is 18.9. The summed E-state index contributed by atoms with van der Waals surface area (Å²) in [5.41, 5.74) is 5.82. The Labute approximate surface area is 387 Å². The predicted octanol–water partition coefficient (Wildman–Crippen LogP) is 7.50. The largest absolute Gasteiger partial charge is 0.385 e. The first kappa shape index (κ1) is 44.2. The van der Waals surface area contributed by atoms with E-state index in [2.05, 4.69) is 64.6 Å². The first-order valence-corrected chi connectivity index (χ1v) is 23.3. The van der Waals surface area contributed by atoms with E-state index in [0.717, 1.165) is 74.9 Å². The number of imide groups is 1. The van der Waals surface area contributed by atoms with E-state index in [0.29, 0.717) is 53.5 Å². The van der Waals surface area contributed by atoms with Crippen molar-refractivity contribution in [3.63, 3.8) is 0 Å². The van der Waals surface area contributed by atoms with E-state index in [4.69, 9.17) is 0 Å². The third kappa shape index (κ3) is 8.87. The molecule has 0 bridgehead atoms. The van der Waals surface area contributed by atoms with Gasteiger partial charge in [-0.2, -0.15) is 0 Å². The minimum absolute atomic E-state index is 0.0148. The molecule has 1 atom stereocenters. The molecule has 0 radical (unpaired) electrons. The maximum absolute atomic E-state index is 15.2. The maximum atomic E-state index is 15.2. The first-order chi connectivity index (χ1) is 32.3. The molecule has 10 rings (SSSR count). The van der Waals surface area contributed by atoms with Crippen molar-refractivity contribution in [2.75, 3.05) is 36.4 Å². The van der Waals surface area contributed by atoms with Crippen LogP contribution in [0.25, 0.3) is 22.3 Å². The molecule has 3 aromatic carbocycles. The zero-order valence-corrected chi connectivity index (χ0v) is 37.9. The van der Waals surface area contributed by atoms with E-state index in [1.54, 1.807) is 17.0 Å². The van der Waals surface area contributed by atoms with E-state index in [9.17, 15) is 19.5 Å². The van der Waals surface area contributed by atoms with Crippen LogP contribution in [-0.4, -0.2) is 89.4 Å². The average molecular weight is 909 g/mol. The third-order valence-corrected chi connectivity index (χ3v) is 14.1. The molecule has 3 aromatic heterocycles. The lowest BCUT2D eigenvalue weighted by Crippen LogP contribution is -2.52. The number of rotatable bonds is 11. The highest BCUT2D eigenvalue weighted by Gasteiger charge is 2.41. The molecule has 3 N–H and O–H groups in total. The van der Waals surface area contributed by atoms with Gasteiger partial charge in [0.15, 0.2) is 11.6 Å². The van der Waals surface area contributed by atoms with Gasteiger partial charge < -0.3 is 24.8 Å². The topological polar surface area (TPSA) is 162 Å². The van der Waals surface area contributed by atoms with Gasteiger partial charge in [-0.05, 0) is 124 Å². The van der Waals surface area contributed by atoms with Gasteiger partial charge in [0.25, 0.3) is 5.91 Å². The van der Waals surface area contributed by atoms with Crippen molar-refractivity contribution >= 4 is 46.2 Å². The monoisotopic (exact) mass is 908 g/mol. The van der Waals surface area contributed by atoms with Gasteiger partial charge in [-0.15, -0.1) is 0 Å². The number of carbonyl (C=O) groups is 3. The molecule has 0 spiro atoms. The number of nitrogens with one attached hydrogen (secondary N) is 2. The summed E-state index contributed by atoms with van der Waals surface area (Å²) < 4.78 is 32.2. The predicted molar refractivity (Wildman–Crippen MR) is 249 cm³/mol. The SMILES string of the molecule is Cc1nc2c(F)cc(-c3nc(Nc4ccc(CC5CCN(c6ccc(CN7CCC(O)(c8ccc9c(c8)CN(C8CCC(=O)NC8=O)C9=O)CC7)cc6)CC5)cn4)ncc3F)cc2n1C(C)C. The van der Waals surface area contributed by atoms with Crippen LogP contribution in [0.2, 0.25) is 0 Å². The van der Waals surface area contributed by atoms with Gasteiger partial charge in [-0.25, -0.2) is 28.7 Å². The lowest BCUT2D eigenvalue weighted by Gasteiger charge is -2.39. The lowest BCUT2D eigenvalue weighted by atomic mass is 9.83. The van der Waals surface area contributed by atoms with Crippen LogP contribution in [0, 0.1) is 24.5 Å². The molecule has 6 aromatic rings. The minimum Gasteiger partial charge on any atom is -0.385 e. The van der Waals surface area contributed by atoms with Gasteiger partial charge in [-0.3, -0.25) is 24.6 Å². The highest BCUT2D eigenvalue weighted by atomic mass is 19.1. The Kier molecular flexibility index (Phi) is 11.8. The first-order valence-electron chi connectivity index (χ1n) is 23.3. The number of imidazole rings is 1. The summed E-state index contributed by atoms with van der Waals surface area (Å²) in [7, 11) is 0. The van der Waals surface area contributed by atoms with Crippen LogP contribution in [0.4, 0.5) is 26.2 Å².